The van der Waals surface area contributed by atoms with Crippen molar-refractivity contribution in [1.29, 1.82) is 0 Å². The molecule has 0 aliphatic rings. The molecule has 0 aliphatic heterocycles. The molecule has 0 atom stereocenters. The van der Waals surface area contributed by atoms with Crippen LogP contribution in [0.2, 0.25) is 0 Å². The number of methoxy groups -OCH3 is 1. The normalized spacial score (nSPS) is 10.6. The minimum atomic E-state index is 0.0936. The largest absolute Gasteiger partial charge is 0.504 e. The Kier molecular flexibility index (Phi) is 6.39. The molecule has 0 bridgehead atoms. The van der Waals surface area contributed by atoms with Gasteiger partial charge in [-0.25, -0.2) is 4.98 Å². The van der Waals surface area contributed by atoms with Crippen molar-refractivity contribution >= 4 is 5.82 Å². The second kappa shape index (κ2) is 9.15. The van der Waals surface area contributed by atoms with Crippen LogP contribution in [-0.2, 0) is 0 Å². The highest BCUT2D eigenvalue weighted by atomic mass is 16.5. The quantitative estimate of drug-likeness (QED) is 0.496. The topological polar surface area (TPSA) is 63.6 Å². The van der Waals surface area contributed by atoms with Crippen molar-refractivity contribution in [3.8, 4) is 39.6 Å². The van der Waals surface area contributed by atoms with Gasteiger partial charge in [0, 0.05) is 17.2 Å². The zero-order chi connectivity index (χ0) is 20.8. The molecule has 0 saturated carbocycles. The number of para-hydroxylation sites is 1. The van der Waals surface area contributed by atoms with Gasteiger partial charge in [0.15, 0.2) is 11.5 Å². The lowest BCUT2D eigenvalue weighted by molar-refractivity contribution is 0.365. The van der Waals surface area contributed by atoms with E-state index in [1.807, 2.05) is 42.5 Å². The molecule has 1 aromatic heterocycles. The van der Waals surface area contributed by atoms with E-state index in [0.717, 1.165) is 34.0 Å². The van der Waals surface area contributed by atoms with Gasteiger partial charge in [-0.1, -0.05) is 30.9 Å². The minimum Gasteiger partial charge on any atom is -0.504 e. The fourth-order valence-electron chi connectivity index (χ4n) is 3.02. The zero-order valence-electron chi connectivity index (χ0n) is 17.0. The number of rotatable bonds is 8. The number of aromatic hydroxyl groups is 1. The zero-order valence-corrected chi connectivity index (χ0v) is 17.0. The fourth-order valence-corrected chi connectivity index (χ4v) is 3.02. The summed E-state index contributed by atoms with van der Waals surface area (Å²) >= 11 is 0. The number of pyridine rings is 1. The van der Waals surface area contributed by atoms with Crippen molar-refractivity contribution in [2.24, 2.45) is 0 Å². The lowest BCUT2D eigenvalue weighted by Crippen LogP contribution is -2.11. The van der Waals surface area contributed by atoms with E-state index < -0.39 is 0 Å². The van der Waals surface area contributed by atoms with E-state index in [1.165, 1.54) is 7.11 Å². The summed E-state index contributed by atoms with van der Waals surface area (Å²) in [6.07, 6.45) is 1.73. The molecule has 2 aromatic carbocycles. The number of ether oxygens (including phenoxy) is 2. The van der Waals surface area contributed by atoms with Crippen LogP contribution in [0.15, 0.2) is 67.3 Å². The number of hydrogen-bond acceptors (Lipinski definition) is 5. The van der Waals surface area contributed by atoms with Crippen molar-refractivity contribution in [1.82, 2.24) is 4.98 Å². The molecular formula is C24H26N2O3. The molecule has 0 fully saturated rings. The van der Waals surface area contributed by atoms with Crippen LogP contribution in [0.4, 0.5) is 5.82 Å². The first-order valence-corrected chi connectivity index (χ1v) is 9.51. The number of hydrogen-bond donors (Lipinski definition) is 2. The van der Waals surface area contributed by atoms with Crippen molar-refractivity contribution in [3.05, 3.63) is 67.3 Å². The lowest BCUT2D eigenvalue weighted by atomic mass is 10.0. The summed E-state index contributed by atoms with van der Waals surface area (Å²) in [6, 6.07) is 17.4. The van der Waals surface area contributed by atoms with Crippen LogP contribution in [0.25, 0.3) is 22.4 Å². The summed E-state index contributed by atoms with van der Waals surface area (Å²) in [5, 5.41) is 13.3. The molecule has 0 aliphatic carbocycles. The van der Waals surface area contributed by atoms with Gasteiger partial charge in [-0.15, -0.1) is 0 Å². The number of nitrogens with one attached hydrogen (secondary N) is 1. The average Bonchev–Trinajstić information content (AvgIpc) is 2.72. The molecular weight excluding hydrogens is 364 g/mol. The van der Waals surface area contributed by atoms with Crippen LogP contribution in [0.1, 0.15) is 13.8 Å². The number of benzene rings is 2. The summed E-state index contributed by atoms with van der Waals surface area (Å²) in [5.74, 6) is 2.04. The number of phenols is 1. The second-order valence-electron chi connectivity index (χ2n) is 6.91. The molecule has 3 rings (SSSR count). The molecule has 3 aromatic rings. The Balaban J connectivity index is 2.14. The molecule has 0 spiro atoms. The maximum Gasteiger partial charge on any atom is 0.161 e. The SMILES string of the molecule is C=CCOc1ccccc1-c1cc(NC(C)C)nc(-c2ccc(O)c(OC)c2)c1. The van der Waals surface area contributed by atoms with Gasteiger partial charge in [-0.2, -0.15) is 0 Å². The van der Waals surface area contributed by atoms with Gasteiger partial charge in [0.05, 0.1) is 12.8 Å². The number of anilines is 1. The van der Waals surface area contributed by atoms with Crippen molar-refractivity contribution in [3.63, 3.8) is 0 Å². The first-order valence-electron chi connectivity index (χ1n) is 9.51. The molecule has 2 N–H and O–H groups in total. The maximum atomic E-state index is 9.92. The number of phenolic OH excluding ortho intramolecular Hbond substituents is 1. The van der Waals surface area contributed by atoms with E-state index in [4.69, 9.17) is 14.5 Å². The Bertz CT molecular complexity index is 999. The van der Waals surface area contributed by atoms with Gasteiger partial charge < -0.3 is 19.9 Å². The highest BCUT2D eigenvalue weighted by Gasteiger charge is 2.13. The van der Waals surface area contributed by atoms with E-state index in [2.05, 4.69) is 25.7 Å². The molecule has 5 heteroatoms. The Morgan fingerprint density at radius 3 is 2.59 bits per heavy atom. The Labute approximate surface area is 171 Å². The predicted molar refractivity (Wildman–Crippen MR) is 118 cm³/mol. The van der Waals surface area contributed by atoms with Crippen LogP contribution >= 0.6 is 0 Å². The highest BCUT2D eigenvalue weighted by molar-refractivity contribution is 5.78. The van der Waals surface area contributed by atoms with Gasteiger partial charge in [0.2, 0.25) is 0 Å². The standard InChI is InChI=1S/C24H26N2O3/c1-5-12-29-22-9-7-6-8-19(22)18-13-20(26-24(15-18)25-16(2)3)17-10-11-21(27)23(14-17)28-4/h5-11,13-16,27H,1,12H2,2-4H3,(H,25,26). The summed E-state index contributed by atoms with van der Waals surface area (Å²) in [7, 11) is 1.53. The summed E-state index contributed by atoms with van der Waals surface area (Å²) in [6.45, 7) is 8.29. The molecule has 150 valence electrons. The maximum absolute atomic E-state index is 9.92. The molecule has 1 heterocycles. The Morgan fingerprint density at radius 2 is 1.86 bits per heavy atom. The molecule has 0 amide bonds. The van der Waals surface area contributed by atoms with Crippen LogP contribution < -0.4 is 14.8 Å². The molecule has 29 heavy (non-hydrogen) atoms. The first kappa shape index (κ1) is 20.3. The number of nitrogens with zero attached hydrogens (tertiary/aromatic N) is 1. The average molecular weight is 390 g/mol. The van der Waals surface area contributed by atoms with Gasteiger partial charge in [0.1, 0.15) is 18.2 Å². The monoisotopic (exact) mass is 390 g/mol. The molecule has 0 radical (unpaired) electrons. The van der Waals surface area contributed by atoms with E-state index in [1.54, 1.807) is 18.2 Å². The summed E-state index contributed by atoms with van der Waals surface area (Å²) in [5.41, 5.74) is 3.56. The molecule has 0 unspecified atom stereocenters. The van der Waals surface area contributed by atoms with Crippen LogP contribution in [0, 0.1) is 0 Å². The van der Waals surface area contributed by atoms with Gasteiger partial charge in [-0.3, -0.25) is 0 Å². The van der Waals surface area contributed by atoms with Crippen LogP contribution in [-0.4, -0.2) is 29.8 Å². The van der Waals surface area contributed by atoms with E-state index >= 15 is 0 Å². The second-order valence-corrected chi connectivity index (χ2v) is 6.91. The molecule has 0 saturated heterocycles. The predicted octanol–water partition coefficient (Wildman–Crippen LogP) is 5.51. The van der Waals surface area contributed by atoms with Gasteiger partial charge in [0.25, 0.3) is 0 Å². The third-order valence-corrected chi connectivity index (χ3v) is 4.29. The van der Waals surface area contributed by atoms with Crippen LogP contribution in [0.3, 0.4) is 0 Å². The minimum absolute atomic E-state index is 0.0936. The third-order valence-electron chi connectivity index (χ3n) is 4.29. The van der Waals surface area contributed by atoms with Crippen molar-refractivity contribution < 1.29 is 14.6 Å². The summed E-state index contributed by atoms with van der Waals surface area (Å²) in [4.78, 5) is 4.76. The van der Waals surface area contributed by atoms with E-state index in [0.29, 0.717) is 12.4 Å². The summed E-state index contributed by atoms with van der Waals surface area (Å²) < 4.78 is 11.1. The van der Waals surface area contributed by atoms with Crippen LogP contribution in [0.5, 0.6) is 17.2 Å². The Morgan fingerprint density at radius 1 is 1.07 bits per heavy atom. The van der Waals surface area contributed by atoms with E-state index in [9.17, 15) is 5.11 Å². The smallest absolute Gasteiger partial charge is 0.161 e. The molecule has 5 nitrogen and oxygen atoms in total. The Hall–Kier alpha value is -3.47. The number of aromatic nitrogens is 1. The van der Waals surface area contributed by atoms with Gasteiger partial charge in [-0.05, 0) is 55.8 Å². The highest BCUT2D eigenvalue weighted by Crippen LogP contribution is 2.36. The first-order chi connectivity index (χ1) is 14.0. The van der Waals surface area contributed by atoms with Crippen molar-refractivity contribution in [2.75, 3.05) is 19.0 Å². The lowest BCUT2D eigenvalue weighted by Gasteiger charge is -2.16. The van der Waals surface area contributed by atoms with Gasteiger partial charge >= 0.3 is 0 Å². The fraction of sp³-hybridized carbons (Fsp3) is 0.208. The van der Waals surface area contributed by atoms with Crippen molar-refractivity contribution in [2.45, 2.75) is 19.9 Å². The van der Waals surface area contributed by atoms with E-state index in [-0.39, 0.29) is 11.8 Å². The third kappa shape index (κ3) is 4.88.